The van der Waals surface area contributed by atoms with Gasteiger partial charge in [0.2, 0.25) is 0 Å². The van der Waals surface area contributed by atoms with E-state index in [1.807, 2.05) is 0 Å². The summed E-state index contributed by atoms with van der Waals surface area (Å²) < 4.78 is 19.3. The number of nitro benzene ring substituents is 1. The van der Waals surface area contributed by atoms with E-state index in [-0.39, 0.29) is 35.0 Å². The monoisotopic (exact) mass is 397 g/mol. The van der Waals surface area contributed by atoms with Crippen molar-refractivity contribution in [3.05, 3.63) is 98.2 Å². The third-order valence-electron chi connectivity index (χ3n) is 4.16. The van der Waals surface area contributed by atoms with E-state index in [0.29, 0.717) is 5.56 Å². The number of carbonyl (C=O) groups excluding carboxylic acids is 1. The molecule has 0 saturated carbocycles. The lowest BCUT2D eigenvalue weighted by Crippen LogP contribution is -2.29. The molecular formula is C20H16FN3O5. The van der Waals surface area contributed by atoms with E-state index in [4.69, 9.17) is 4.74 Å². The third-order valence-corrected chi connectivity index (χ3v) is 4.16. The first-order chi connectivity index (χ1) is 13.9. The Morgan fingerprint density at radius 2 is 1.93 bits per heavy atom. The zero-order valence-electron chi connectivity index (χ0n) is 15.3. The molecule has 1 heterocycles. The van der Waals surface area contributed by atoms with Gasteiger partial charge in [-0.25, -0.2) is 4.39 Å². The number of pyridine rings is 1. The third kappa shape index (κ3) is 4.46. The molecule has 148 valence electrons. The molecule has 2 aromatic carbocycles. The number of methoxy groups -OCH3 is 1. The molecule has 0 fully saturated rings. The van der Waals surface area contributed by atoms with Crippen molar-refractivity contribution >= 4 is 17.3 Å². The predicted octanol–water partition coefficient (Wildman–Crippen LogP) is 3.20. The van der Waals surface area contributed by atoms with Crippen LogP contribution in [0.15, 0.2) is 65.6 Å². The maximum atomic E-state index is 13.0. The molecular weight excluding hydrogens is 381 g/mol. The summed E-state index contributed by atoms with van der Waals surface area (Å²) in [6.45, 7) is 0.161. The number of carbonyl (C=O) groups is 1. The van der Waals surface area contributed by atoms with Gasteiger partial charge in [0.15, 0.2) is 5.75 Å². The highest BCUT2D eigenvalue weighted by Crippen LogP contribution is 2.29. The molecule has 3 aromatic rings. The highest BCUT2D eigenvalue weighted by Gasteiger charge is 2.18. The van der Waals surface area contributed by atoms with Gasteiger partial charge < -0.3 is 14.6 Å². The number of nitrogens with zero attached hydrogens (tertiary/aromatic N) is 2. The number of anilines is 1. The molecule has 1 aromatic heterocycles. The van der Waals surface area contributed by atoms with Crippen molar-refractivity contribution in [2.45, 2.75) is 6.54 Å². The summed E-state index contributed by atoms with van der Waals surface area (Å²) in [7, 11) is 1.30. The fourth-order valence-electron chi connectivity index (χ4n) is 2.73. The molecule has 0 radical (unpaired) electrons. The Hall–Kier alpha value is -4.01. The molecule has 29 heavy (non-hydrogen) atoms. The first-order valence-electron chi connectivity index (χ1n) is 8.46. The smallest absolute Gasteiger partial charge is 0.312 e. The zero-order chi connectivity index (χ0) is 21.0. The standard InChI is InChI=1S/C20H16FN3O5/c1-29-18-9-8-15(11-17(18)24(27)28)22-19(25)16-3-2-10-23(20(16)26)12-13-4-6-14(21)7-5-13/h2-11H,12H2,1H3,(H,22,25). The molecule has 9 heteroatoms. The Morgan fingerprint density at radius 1 is 1.21 bits per heavy atom. The Morgan fingerprint density at radius 3 is 2.59 bits per heavy atom. The van der Waals surface area contributed by atoms with E-state index in [0.717, 1.165) is 6.07 Å². The number of nitrogens with one attached hydrogen (secondary N) is 1. The highest BCUT2D eigenvalue weighted by atomic mass is 19.1. The largest absolute Gasteiger partial charge is 0.490 e. The first kappa shape index (κ1) is 19.7. The van der Waals surface area contributed by atoms with Crippen LogP contribution in [0.3, 0.4) is 0 Å². The zero-order valence-corrected chi connectivity index (χ0v) is 15.3. The molecule has 3 rings (SSSR count). The van der Waals surface area contributed by atoms with Crippen molar-refractivity contribution in [1.29, 1.82) is 0 Å². The summed E-state index contributed by atoms with van der Waals surface area (Å²) in [5.74, 6) is -1.04. The van der Waals surface area contributed by atoms with E-state index in [9.17, 15) is 24.1 Å². The van der Waals surface area contributed by atoms with Gasteiger partial charge in [0.05, 0.1) is 18.6 Å². The topological polar surface area (TPSA) is 103 Å². The fourth-order valence-corrected chi connectivity index (χ4v) is 2.73. The second-order valence-corrected chi connectivity index (χ2v) is 6.08. The van der Waals surface area contributed by atoms with E-state index in [2.05, 4.69) is 5.32 Å². The Balaban J connectivity index is 1.85. The van der Waals surface area contributed by atoms with E-state index < -0.39 is 16.4 Å². The average Bonchev–Trinajstić information content (AvgIpc) is 2.71. The van der Waals surface area contributed by atoms with Crippen LogP contribution in [-0.4, -0.2) is 22.5 Å². The number of halogens is 1. The SMILES string of the molecule is COc1ccc(NC(=O)c2cccn(Cc3ccc(F)cc3)c2=O)cc1[N+](=O)[O-]. The van der Waals surface area contributed by atoms with Crippen molar-refractivity contribution in [3.8, 4) is 5.75 Å². The quantitative estimate of drug-likeness (QED) is 0.508. The molecule has 8 nitrogen and oxygen atoms in total. The molecule has 0 aliphatic rings. The minimum Gasteiger partial charge on any atom is -0.490 e. The predicted molar refractivity (Wildman–Crippen MR) is 104 cm³/mol. The van der Waals surface area contributed by atoms with Crippen LogP contribution < -0.4 is 15.6 Å². The molecule has 0 atom stereocenters. The summed E-state index contributed by atoms with van der Waals surface area (Å²) in [6.07, 6.45) is 1.51. The number of rotatable bonds is 6. The van der Waals surface area contributed by atoms with Crippen LogP contribution >= 0.6 is 0 Å². The van der Waals surface area contributed by atoms with Gasteiger partial charge in [0.25, 0.3) is 11.5 Å². The van der Waals surface area contributed by atoms with Crippen LogP contribution in [0, 0.1) is 15.9 Å². The average molecular weight is 397 g/mol. The Labute approximate surface area is 164 Å². The number of ether oxygens (including phenoxy) is 1. The summed E-state index contributed by atoms with van der Waals surface area (Å²) in [6, 6.07) is 12.5. The van der Waals surface area contributed by atoms with Crippen molar-refractivity contribution in [2.75, 3.05) is 12.4 Å². The van der Waals surface area contributed by atoms with Gasteiger partial charge in [-0.1, -0.05) is 12.1 Å². The van der Waals surface area contributed by atoms with Crippen LogP contribution in [0.25, 0.3) is 0 Å². The number of amides is 1. The number of hydrogen-bond donors (Lipinski definition) is 1. The second-order valence-electron chi connectivity index (χ2n) is 6.08. The summed E-state index contributed by atoms with van der Waals surface area (Å²) >= 11 is 0. The van der Waals surface area contributed by atoms with Gasteiger partial charge in [-0.05, 0) is 42.0 Å². The van der Waals surface area contributed by atoms with Crippen molar-refractivity contribution in [1.82, 2.24) is 4.57 Å². The maximum absolute atomic E-state index is 13.0. The van der Waals surface area contributed by atoms with Crippen LogP contribution in [-0.2, 0) is 6.54 Å². The fraction of sp³-hybridized carbons (Fsp3) is 0.100. The van der Waals surface area contributed by atoms with Gasteiger partial charge in [-0.3, -0.25) is 19.7 Å². The minimum absolute atomic E-state index is 0.0503. The van der Waals surface area contributed by atoms with Gasteiger partial charge >= 0.3 is 5.69 Å². The van der Waals surface area contributed by atoms with Crippen LogP contribution in [0.2, 0.25) is 0 Å². The van der Waals surface area contributed by atoms with Crippen LogP contribution in [0.4, 0.5) is 15.8 Å². The van der Waals surface area contributed by atoms with E-state index in [1.54, 1.807) is 12.1 Å². The summed E-state index contributed by atoms with van der Waals surface area (Å²) in [5.41, 5.74) is -0.148. The van der Waals surface area contributed by atoms with Gasteiger partial charge in [0.1, 0.15) is 11.4 Å². The van der Waals surface area contributed by atoms with E-state index >= 15 is 0 Å². The maximum Gasteiger partial charge on any atom is 0.312 e. The van der Waals surface area contributed by atoms with Crippen LogP contribution in [0.5, 0.6) is 5.75 Å². The second kappa shape index (κ2) is 8.34. The molecule has 0 spiro atoms. The Bertz CT molecular complexity index is 1130. The molecule has 1 N–H and O–H groups in total. The summed E-state index contributed by atoms with van der Waals surface area (Å²) in [4.78, 5) is 35.7. The van der Waals surface area contributed by atoms with E-state index in [1.165, 1.54) is 54.3 Å². The van der Waals surface area contributed by atoms with Crippen molar-refractivity contribution in [2.24, 2.45) is 0 Å². The normalized spacial score (nSPS) is 10.4. The number of hydrogen-bond acceptors (Lipinski definition) is 5. The van der Waals surface area contributed by atoms with Gasteiger partial charge in [0, 0.05) is 18.0 Å². The first-order valence-corrected chi connectivity index (χ1v) is 8.46. The number of nitro groups is 1. The summed E-state index contributed by atoms with van der Waals surface area (Å²) in [5, 5.41) is 13.6. The molecule has 0 aliphatic heterocycles. The van der Waals surface area contributed by atoms with Crippen LogP contribution in [0.1, 0.15) is 15.9 Å². The lowest BCUT2D eigenvalue weighted by molar-refractivity contribution is -0.385. The molecule has 0 saturated heterocycles. The van der Waals surface area contributed by atoms with Crippen molar-refractivity contribution in [3.63, 3.8) is 0 Å². The van der Waals surface area contributed by atoms with Gasteiger partial charge in [-0.2, -0.15) is 0 Å². The molecule has 0 unspecified atom stereocenters. The van der Waals surface area contributed by atoms with Gasteiger partial charge in [-0.15, -0.1) is 0 Å². The highest BCUT2D eigenvalue weighted by molar-refractivity contribution is 6.04. The Kier molecular flexibility index (Phi) is 5.68. The lowest BCUT2D eigenvalue weighted by Gasteiger charge is -2.10. The molecule has 1 amide bonds. The number of benzene rings is 2. The molecule has 0 aliphatic carbocycles. The number of aromatic nitrogens is 1. The lowest BCUT2D eigenvalue weighted by atomic mass is 10.2. The van der Waals surface area contributed by atoms with Crippen molar-refractivity contribution < 1.29 is 18.8 Å². The molecule has 0 bridgehead atoms. The minimum atomic E-state index is -0.706.